The molecule has 0 radical (unpaired) electrons. The minimum Gasteiger partial charge on any atom is -0.459 e. The van der Waals surface area contributed by atoms with E-state index in [0.717, 1.165) is 9.64 Å². The average Bonchev–Trinajstić information content (AvgIpc) is 2.50. The Bertz CT molecular complexity index is 816. The Balaban J connectivity index is 2.43. The van der Waals surface area contributed by atoms with Gasteiger partial charge in [0.1, 0.15) is 18.0 Å². The highest BCUT2D eigenvalue weighted by molar-refractivity contribution is 14.1. The van der Waals surface area contributed by atoms with E-state index >= 15 is 0 Å². The maximum Gasteiger partial charge on any atom is 0.326 e. The van der Waals surface area contributed by atoms with Crippen molar-refractivity contribution in [1.29, 1.82) is 0 Å². The topological polar surface area (TPSA) is 46.6 Å². The zero-order chi connectivity index (χ0) is 19.5. The van der Waals surface area contributed by atoms with Crippen molar-refractivity contribution in [2.45, 2.75) is 26.4 Å². The predicted molar refractivity (Wildman–Crippen MR) is 108 cm³/mol. The number of hydrogen-bond donors (Lipinski definition) is 0. The van der Waals surface area contributed by atoms with E-state index in [2.05, 4.69) is 22.6 Å². The van der Waals surface area contributed by atoms with Gasteiger partial charge in [0.15, 0.2) is 0 Å². The number of rotatable bonds is 4. The van der Waals surface area contributed by atoms with Crippen LogP contribution < -0.4 is 4.90 Å². The van der Waals surface area contributed by atoms with Crippen LogP contribution in [0, 0.1) is 9.39 Å². The molecule has 0 aliphatic carbocycles. The van der Waals surface area contributed by atoms with Gasteiger partial charge in [0.05, 0.1) is 10.6 Å². The van der Waals surface area contributed by atoms with Crippen molar-refractivity contribution in [3.8, 4) is 0 Å². The van der Waals surface area contributed by atoms with Gasteiger partial charge in [-0.25, -0.2) is 4.39 Å². The highest BCUT2D eigenvalue weighted by Gasteiger charge is 2.27. The summed E-state index contributed by atoms with van der Waals surface area (Å²) in [5.41, 5.74) is -0.532. The fourth-order valence-electron chi connectivity index (χ4n) is 2.26. The molecule has 0 atom stereocenters. The Morgan fingerprint density at radius 2 is 1.85 bits per heavy atom. The molecule has 0 aromatic heterocycles. The maximum atomic E-state index is 14.2. The molecule has 0 fully saturated rings. The van der Waals surface area contributed by atoms with E-state index in [9.17, 15) is 14.0 Å². The SMILES string of the molecule is CC(C)(C)OC(=O)CN(C(=O)c1c(F)cccc1Cl)c1cccc(I)c1. The molecule has 26 heavy (non-hydrogen) atoms. The van der Waals surface area contributed by atoms with E-state index in [1.165, 1.54) is 17.0 Å². The number of hydrogen-bond acceptors (Lipinski definition) is 3. The molecule has 0 aliphatic heterocycles. The fourth-order valence-corrected chi connectivity index (χ4v) is 3.03. The van der Waals surface area contributed by atoms with Gasteiger partial charge in [-0.05, 0) is 73.7 Å². The van der Waals surface area contributed by atoms with Gasteiger partial charge in [0, 0.05) is 9.26 Å². The van der Waals surface area contributed by atoms with Gasteiger partial charge in [0.25, 0.3) is 5.91 Å². The van der Waals surface area contributed by atoms with Gasteiger partial charge in [-0.3, -0.25) is 14.5 Å². The molecule has 0 unspecified atom stereocenters. The molecule has 4 nitrogen and oxygen atoms in total. The van der Waals surface area contributed by atoms with Crippen LogP contribution in [0.2, 0.25) is 5.02 Å². The third kappa shape index (κ3) is 5.41. The lowest BCUT2D eigenvalue weighted by Crippen LogP contribution is -2.39. The molecule has 2 aromatic rings. The highest BCUT2D eigenvalue weighted by Crippen LogP contribution is 2.25. The van der Waals surface area contributed by atoms with Crippen LogP contribution in [0.5, 0.6) is 0 Å². The fraction of sp³-hybridized carbons (Fsp3) is 0.263. The molecule has 138 valence electrons. The van der Waals surface area contributed by atoms with E-state index < -0.39 is 23.3 Å². The molecule has 0 heterocycles. The number of carbonyl (C=O) groups excluding carboxylic acids is 2. The van der Waals surface area contributed by atoms with E-state index in [-0.39, 0.29) is 17.1 Å². The van der Waals surface area contributed by atoms with Crippen molar-refractivity contribution in [2.24, 2.45) is 0 Å². The van der Waals surface area contributed by atoms with Gasteiger partial charge < -0.3 is 4.74 Å². The molecule has 0 spiro atoms. The van der Waals surface area contributed by atoms with Crippen LogP contribution in [0.4, 0.5) is 10.1 Å². The molecule has 1 amide bonds. The first-order valence-corrected chi connectivity index (χ1v) is 9.27. The summed E-state index contributed by atoms with van der Waals surface area (Å²) in [4.78, 5) is 26.4. The molecule has 0 saturated heterocycles. The van der Waals surface area contributed by atoms with Gasteiger partial charge in [0.2, 0.25) is 0 Å². The second-order valence-corrected chi connectivity index (χ2v) is 8.21. The van der Waals surface area contributed by atoms with Crippen molar-refractivity contribution < 1.29 is 18.7 Å². The van der Waals surface area contributed by atoms with Crippen molar-refractivity contribution >= 4 is 51.8 Å². The van der Waals surface area contributed by atoms with Crippen molar-refractivity contribution in [2.75, 3.05) is 11.4 Å². The largest absolute Gasteiger partial charge is 0.459 e. The number of esters is 1. The monoisotopic (exact) mass is 489 g/mol. The van der Waals surface area contributed by atoms with E-state index in [4.69, 9.17) is 16.3 Å². The standard InChI is InChI=1S/C19H18ClFINO3/c1-19(2,3)26-16(24)11-23(13-7-4-6-12(22)10-13)18(25)17-14(20)8-5-9-15(17)21/h4-10H,11H2,1-3H3. The second kappa shape index (κ2) is 8.35. The summed E-state index contributed by atoms with van der Waals surface area (Å²) in [6, 6.07) is 11.0. The number of carbonyl (C=O) groups is 2. The van der Waals surface area contributed by atoms with Crippen LogP contribution in [0.25, 0.3) is 0 Å². The summed E-state index contributed by atoms with van der Waals surface area (Å²) in [5, 5.41) is -0.0187. The zero-order valence-electron chi connectivity index (χ0n) is 14.6. The van der Waals surface area contributed by atoms with Gasteiger partial charge in [-0.15, -0.1) is 0 Å². The van der Waals surface area contributed by atoms with E-state index in [1.807, 2.05) is 6.07 Å². The van der Waals surface area contributed by atoms with Crippen LogP contribution in [-0.2, 0) is 9.53 Å². The molecule has 0 N–H and O–H groups in total. The molecule has 7 heteroatoms. The Morgan fingerprint density at radius 3 is 2.42 bits per heavy atom. The van der Waals surface area contributed by atoms with Crippen molar-refractivity contribution in [3.63, 3.8) is 0 Å². The maximum absolute atomic E-state index is 14.2. The van der Waals surface area contributed by atoms with Crippen LogP contribution in [0.15, 0.2) is 42.5 Å². The number of amides is 1. The zero-order valence-corrected chi connectivity index (χ0v) is 17.5. The third-order valence-electron chi connectivity index (χ3n) is 3.25. The Kier molecular flexibility index (Phi) is 6.63. The van der Waals surface area contributed by atoms with Gasteiger partial charge >= 0.3 is 5.97 Å². The summed E-state index contributed by atoms with van der Waals surface area (Å²) in [5.74, 6) is -2.06. The summed E-state index contributed by atoms with van der Waals surface area (Å²) >= 11 is 8.12. The average molecular weight is 490 g/mol. The molecular weight excluding hydrogens is 472 g/mol. The summed E-state index contributed by atoms with van der Waals surface area (Å²) < 4.78 is 20.4. The molecule has 2 aromatic carbocycles. The normalized spacial score (nSPS) is 11.2. The van der Waals surface area contributed by atoms with E-state index in [0.29, 0.717) is 5.69 Å². The second-order valence-electron chi connectivity index (χ2n) is 6.55. The predicted octanol–water partition coefficient (Wildman–Crippen LogP) is 5.07. The first kappa shape index (κ1) is 20.6. The lowest BCUT2D eigenvalue weighted by atomic mass is 10.1. The Labute approximate surface area is 170 Å². The molecule has 0 bridgehead atoms. The van der Waals surface area contributed by atoms with Crippen LogP contribution in [-0.4, -0.2) is 24.0 Å². The smallest absolute Gasteiger partial charge is 0.326 e. The van der Waals surface area contributed by atoms with Crippen molar-refractivity contribution in [3.05, 3.63) is 62.4 Å². The molecule has 0 aliphatic rings. The minimum atomic E-state index is -0.748. The number of ether oxygens (including phenoxy) is 1. The number of benzene rings is 2. The minimum absolute atomic E-state index is 0.0187. The molecule has 2 rings (SSSR count). The molecule has 0 saturated carbocycles. The first-order valence-electron chi connectivity index (χ1n) is 7.82. The number of halogens is 3. The van der Waals surface area contributed by atoms with Crippen LogP contribution >= 0.6 is 34.2 Å². The Morgan fingerprint density at radius 1 is 1.19 bits per heavy atom. The summed E-state index contributed by atoms with van der Waals surface area (Å²) in [6.45, 7) is 4.84. The number of anilines is 1. The summed E-state index contributed by atoms with van der Waals surface area (Å²) in [6.07, 6.45) is 0. The molecular formula is C19H18ClFINO3. The highest BCUT2D eigenvalue weighted by atomic mass is 127. The lowest BCUT2D eigenvalue weighted by Gasteiger charge is -2.26. The summed E-state index contributed by atoms with van der Waals surface area (Å²) in [7, 11) is 0. The van der Waals surface area contributed by atoms with Crippen LogP contribution in [0.1, 0.15) is 31.1 Å². The Hall–Kier alpha value is -1.67. The van der Waals surface area contributed by atoms with Gasteiger partial charge in [-0.1, -0.05) is 23.7 Å². The quantitative estimate of drug-likeness (QED) is 0.445. The van der Waals surface area contributed by atoms with Crippen molar-refractivity contribution in [1.82, 2.24) is 0 Å². The van der Waals surface area contributed by atoms with E-state index in [1.54, 1.807) is 39.0 Å². The van der Waals surface area contributed by atoms with Gasteiger partial charge in [-0.2, -0.15) is 0 Å². The third-order valence-corrected chi connectivity index (χ3v) is 4.23. The number of nitrogens with zero attached hydrogens (tertiary/aromatic N) is 1. The lowest BCUT2D eigenvalue weighted by molar-refractivity contribution is -0.152. The first-order chi connectivity index (χ1) is 12.1. The van der Waals surface area contributed by atoms with Crippen LogP contribution in [0.3, 0.4) is 0 Å².